The highest BCUT2D eigenvalue weighted by Gasteiger charge is 2.21. The number of hydrogen-bond donors (Lipinski definition) is 0. The van der Waals surface area contributed by atoms with Crippen molar-refractivity contribution in [3.63, 3.8) is 0 Å². The minimum absolute atomic E-state index is 0.129. The molecule has 0 radical (unpaired) electrons. The van der Waals surface area contributed by atoms with E-state index >= 15 is 0 Å². The van der Waals surface area contributed by atoms with Crippen LogP contribution in [0.25, 0.3) is 5.65 Å². The number of hydrogen-bond acceptors (Lipinski definition) is 5. The number of nitrogens with zero attached hydrogens (tertiary/aromatic N) is 3. The van der Waals surface area contributed by atoms with Crippen LogP contribution in [0.1, 0.15) is 26.4 Å². The Labute approximate surface area is 188 Å². The molecule has 4 rings (SSSR count). The van der Waals surface area contributed by atoms with Gasteiger partial charge in [0, 0.05) is 25.0 Å². The van der Waals surface area contributed by atoms with Gasteiger partial charge in [-0.25, -0.2) is 9.78 Å². The van der Waals surface area contributed by atoms with Crippen molar-refractivity contribution in [3.8, 4) is 0 Å². The fourth-order valence-electron chi connectivity index (χ4n) is 3.21. The summed E-state index contributed by atoms with van der Waals surface area (Å²) in [4.78, 5) is 43.9. The lowest BCUT2D eigenvalue weighted by Gasteiger charge is -2.18. The lowest BCUT2D eigenvalue weighted by atomic mass is 10.1. The zero-order valence-electron chi connectivity index (χ0n) is 17.1. The summed E-state index contributed by atoms with van der Waals surface area (Å²) in [6.07, 6.45) is 1.47. The monoisotopic (exact) mass is 447 g/mol. The Kier molecular flexibility index (Phi) is 6.00. The number of benzene rings is 2. The molecule has 0 saturated carbocycles. The summed E-state index contributed by atoms with van der Waals surface area (Å²) in [6, 6.07) is 20.0. The zero-order valence-corrected chi connectivity index (χ0v) is 17.8. The number of anilines is 1. The number of carbonyl (C=O) groups excluding carboxylic acids is 2. The first-order valence-electron chi connectivity index (χ1n) is 9.71. The van der Waals surface area contributed by atoms with E-state index in [-0.39, 0.29) is 34.9 Å². The minimum Gasteiger partial charge on any atom is -0.456 e. The molecule has 2 aromatic carbocycles. The van der Waals surface area contributed by atoms with Crippen molar-refractivity contribution in [2.75, 3.05) is 11.9 Å². The van der Waals surface area contributed by atoms with Crippen molar-refractivity contribution in [2.45, 2.75) is 6.61 Å². The molecule has 1 amide bonds. The van der Waals surface area contributed by atoms with Crippen molar-refractivity contribution in [1.82, 2.24) is 9.38 Å². The summed E-state index contributed by atoms with van der Waals surface area (Å²) in [6.45, 7) is -0.218. The molecule has 32 heavy (non-hydrogen) atoms. The minimum atomic E-state index is -0.687. The van der Waals surface area contributed by atoms with Gasteiger partial charge in [0.15, 0.2) is 0 Å². The lowest BCUT2D eigenvalue weighted by molar-refractivity contribution is 0.0465. The van der Waals surface area contributed by atoms with Crippen LogP contribution >= 0.6 is 11.6 Å². The van der Waals surface area contributed by atoms with E-state index in [1.54, 1.807) is 49.5 Å². The van der Waals surface area contributed by atoms with E-state index in [2.05, 4.69) is 4.98 Å². The maximum Gasteiger partial charge on any atom is 0.339 e. The molecule has 0 N–H and O–H groups in total. The maximum absolute atomic E-state index is 13.0. The van der Waals surface area contributed by atoms with E-state index in [1.165, 1.54) is 27.6 Å². The maximum atomic E-state index is 13.0. The fraction of sp³-hybridized carbons (Fsp3) is 0.0833. The molecule has 0 bridgehead atoms. The highest BCUT2D eigenvalue weighted by Crippen LogP contribution is 2.18. The molecule has 0 aliphatic rings. The molecular formula is C24H18ClN3O4. The van der Waals surface area contributed by atoms with E-state index in [0.29, 0.717) is 16.4 Å². The Morgan fingerprint density at radius 2 is 1.69 bits per heavy atom. The van der Waals surface area contributed by atoms with E-state index in [9.17, 15) is 14.4 Å². The number of esters is 1. The van der Waals surface area contributed by atoms with Gasteiger partial charge in [0.2, 0.25) is 0 Å². The number of fused-ring (bicyclic) bond motifs is 1. The fourth-order valence-corrected chi connectivity index (χ4v) is 3.37. The van der Waals surface area contributed by atoms with Gasteiger partial charge in [0.05, 0.1) is 21.8 Å². The van der Waals surface area contributed by atoms with Crippen molar-refractivity contribution in [2.24, 2.45) is 0 Å². The average Bonchev–Trinajstić information content (AvgIpc) is 2.82. The van der Waals surface area contributed by atoms with Gasteiger partial charge in [-0.2, -0.15) is 0 Å². The van der Waals surface area contributed by atoms with E-state index in [0.717, 1.165) is 0 Å². The molecule has 160 valence electrons. The van der Waals surface area contributed by atoms with E-state index in [1.807, 2.05) is 18.2 Å². The Bertz CT molecular complexity index is 1370. The Hall–Kier alpha value is -3.97. The summed E-state index contributed by atoms with van der Waals surface area (Å²) < 4.78 is 6.68. The molecule has 0 aliphatic heterocycles. The van der Waals surface area contributed by atoms with Gasteiger partial charge in [0.1, 0.15) is 12.3 Å². The van der Waals surface area contributed by atoms with Crippen LogP contribution in [0.2, 0.25) is 5.02 Å². The quantitative estimate of drug-likeness (QED) is 0.432. The van der Waals surface area contributed by atoms with Gasteiger partial charge in [-0.1, -0.05) is 41.9 Å². The largest absolute Gasteiger partial charge is 0.456 e. The number of amides is 1. The molecule has 7 nitrogen and oxygen atoms in total. The van der Waals surface area contributed by atoms with Gasteiger partial charge in [-0.3, -0.25) is 14.0 Å². The second kappa shape index (κ2) is 9.03. The van der Waals surface area contributed by atoms with Gasteiger partial charge in [0.25, 0.3) is 11.5 Å². The van der Waals surface area contributed by atoms with Crippen LogP contribution in [0.5, 0.6) is 0 Å². The number of aromatic nitrogens is 2. The summed E-state index contributed by atoms with van der Waals surface area (Å²) >= 11 is 5.91. The molecule has 0 spiro atoms. The molecule has 0 aliphatic carbocycles. The molecule has 0 unspecified atom stereocenters. The third-order valence-corrected chi connectivity index (χ3v) is 5.08. The standard InChI is InChI=1S/C24H18ClN3O4/c1-27(18-7-3-2-4-8-18)23(30)19-9-5-6-10-20(19)24(31)32-15-17-13-22(29)28-14-16(25)11-12-21(28)26-17/h2-14H,15H2,1H3. The molecule has 2 aromatic heterocycles. The van der Waals surface area contributed by atoms with Gasteiger partial charge in [-0.05, 0) is 36.4 Å². The third-order valence-electron chi connectivity index (χ3n) is 4.85. The third kappa shape index (κ3) is 4.38. The van der Waals surface area contributed by atoms with Crippen molar-refractivity contribution in [1.29, 1.82) is 0 Å². The number of pyridine rings is 1. The summed E-state index contributed by atoms with van der Waals surface area (Å²) in [5, 5.41) is 0.405. The van der Waals surface area contributed by atoms with Gasteiger partial charge < -0.3 is 9.64 Å². The van der Waals surface area contributed by atoms with Crippen LogP contribution in [0.4, 0.5) is 5.69 Å². The van der Waals surface area contributed by atoms with Gasteiger partial charge >= 0.3 is 5.97 Å². The molecule has 0 atom stereocenters. The molecule has 8 heteroatoms. The number of rotatable bonds is 5. The Morgan fingerprint density at radius 3 is 2.44 bits per heavy atom. The highest BCUT2D eigenvalue weighted by atomic mass is 35.5. The average molecular weight is 448 g/mol. The molecular weight excluding hydrogens is 430 g/mol. The number of para-hydroxylation sites is 1. The second-order valence-electron chi connectivity index (χ2n) is 6.98. The van der Waals surface area contributed by atoms with Gasteiger partial charge in [-0.15, -0.1) is 0 Å². The second-order valence-corrected chi connectivity index (χ2v) is 7.42. The first kappa shape index (κ1) is 21.3. The van der Waals surface area contributed by atoms with Crippen LogP contribution in [0.3, 0.4) is 0 Å². The first-order valence-corrected chi connectivity index (χ1v) is 10.1. The van der Waals surface area contributed by atoms with Crippen molar-refractivity contribution >= 4 is 34.8 Å². The zero-order chi connectivity index (χ0) is 22.7. The molecule has 4 aromatic rings. The number of halogens is 1. The lowest BCUT2D eigenvalue weighted by Crippen LogP contribution is -2.28. The summed E-state index contributed by atoms with van der Waals surface area (Å²) in [7, 11) is 1.64. The smallest absolute Gasteiger partial charge is 0.339 e. The highest BCUT2D eigenvalue weighted by molar-refractivity contribution is 6.30. The van der Waals surface area contributed by atoms with Crippen molar-refractivity contribution in [3.05, 3.63) is 111 Å². The summed E-state index contributed by atoms with van der Waals surface area (Å²) in [5.74, 6) is -1.03. The number of carbonyl (C=O) groups is 2. The van der Waals surface area contributed by atoms with Crippen LogP contribution in [0.15, 0.2) is 83.8 Å². The molecule has 0 fully saturated rings. The Morgan fingerprint density at radius 1 is 1.00 bits per heavy atom. The normalized spacial score (nSPS) is 10.7. The molecule has 2 heterocycles. The summed E-state index contributed by atoms with van der Waals surface area (Å²) in [5.41, 5.74) is 1.36. The van der Waals surface area contributed by atoms with E-state index in [4.69, 9.17) is 16.3 Å². The predicted octanol–water partition coefficient (Wildman–Crippen LogP) is 3.98. The number of ether oxygens (including phenoxy) is 1. The van der Waals surface area contributed by atoms with Crippen LogP contribution in [-0.2, 0) is 11.3 Å². The SMILES string of the molecule is CN(C(=O)c1ccccc1C(=O)OCc1cc(=O)n2cc(Cl)ccc2n1)c1ccccc1. The van der Waals surface area contributed by atoms with E-state index < -0.39 is 5.97 Å². The Balaban J connectivity index is 1.55. The molecule has 0 saturated heterocycles. The first-order chi connectivity index (χ1) is 15.4. The van der Waals surface area contributed by atoms with Crippen LogP contribution in [-0.4, -0.2) is 28.3 Å². The van der Waals surface area contributed by atoms with Crippen LogP contribution < -0.4 is 10.5 Å². The predicted molar refractivity (Wildman–Crippen MR) is 121 cm³/mol. The van der Waals surface area contributed by atoms with Crippen LogP contribution in [0, 0.1) is 0 Å². The van der Waals surface area contributed by atoms with Crippen molar-refractivity contribution < 1.29 is 14.3 Å². The topological polar surface area (TPSA) is 81.0 Å².